The van der Waals surface area contributed by atoms with Gasteiger partial charge < -0.3 is 5.11 Å². The van der Waals surface area contributed by atoms with Crippen LogP contribution in [0.5, 0.6) is 0 Å². The Bertz CT molecular complexity index is 261. The minimum atomic E-state index is -0.306. The average molecular weight is 196 g/mol. The SMILES string of the molecule is CC1=CC(=O)C(CCC(C)O)C1(C)C. The van der Waals surface area contributed by atoms with Crippen molar-refractivity contribution in [2.24, 2.45) is 11.3 Å². The lowest BCUT2D eigenvalue weighted by Gasteiger charge is -2.28. The van der Waals surface area contributed by atoms with Crippen LogP contribution in [0.3, 0.4) is 0 Å². The molecule has 0 aromatic rings. The number of aliphatic hydroxyl groups excluding tert-OH is 1. The highest BCUT2D eigenvalue weighted by molar-refractivity contribution is 5.96. The zero-order valence-corrected chi connectivity index (χ0v) is 9.50. The van der Waals surface area contributed by atoms with Crippen LogP contribution in [0.4, 0.5) is 0 Å². The van der Waals surface area contributed by atoms with E-state index in [0.29, 0.717) is 6.42 Å². The lowest BCUT2D eigenvalue weighted by atomic mass is 9.75. The van der Waals surface area contributed by atoms with E-state index in [9.17, 15) is 9.90 Å². The largest absolute Gasteiger partial charge is 0.393 e. The fourth-order valence-corrected chi connectivity index (χ4v) is 2.04. The van der Waals surface area contributed by atoms with E-state index >= 15 is 0 Å². The highest BCUT2D eigenvalue weighted by atomic mass is 16.3. The van der Waals surface area contributed by atoms with Gasteiger partial charge in [-0.1, -0.05) is 19.4 Å². The van der Waals surface area contributed by atoms with Crippen molar-refractivity contribution in [2.45, 2.75) is 46.6 Å². The molecule has 1 rings (SSSR count). The van der Waals surface area contributed by atoms with Crippen LogP contribution in [0.25, 0.3) is 0 Å². The molecule has 0 amide bonds. The second-order valence-corrected chi connectivity index (χ2v) is 4.93. The maximum atomic E-state index is 11.7. The lowest BCUT2D eigenvalue weighted by Crippen LogP contribution is -2.26. The topological polar surface area (TPSA) is 37.3 Å². The van der Waals surface area contributed by atoms with Gasteiger partial charge in [0.05, 0.1) is 6.10 Å². The van der Waals surface area contributed by atoms with Gasteiger partial charge in [-0.05, 0) is 38.2 Å². The second kappa shape index (κ2) is 3.85. The summed E-state index contributed by atoms with van der Waals surface area (Å²) in [6.07, 6.45) is 2.95. The Balaban J connectivity index is 2.67. The van der Waals surface area contributed by atoms with Crippen molar-refractivity contribution in [3.63, 3.8) is 0 Å². The summed E-state index contributed by atoms with van der Waals surface area (Å²) in [6.45, 7) is 8.00. The van der Waals surface area contributed by atoms with Crippen molar-refractivity contribution in [2.75, 3.05) is 0 Å². The molecule has 1 N–H and O–H groups in total. The molecule has 0 heterocycles. The average Bonchev–Trinajstić information content (AvgIpc) is 2.20. The van der Waals surface area contributed by atoms with Gasteiger partial charge in [-0.3, -0.25) is 4.79 Å². The van der Waals surface area contributed by atoms with Gasteiger partial charge >= 0.3 is 0 Å². The molecule has 0 spiro atoms. The fraction of sp³-hybridized carbons (Fsp3) is 0.750. The summed E-state index contributed by atoms with van der Waals surface area (Å²) in [6, 6.07) is 0. The van der Waals surface area contributed by atoms with Crippen molar-refractivity contribution in [1.29, 1.82) is 0 Å². The van der Waals surface area contributed by atoms with Crippen molar-refractivity contribution in [1.82, 2.24) is 0 Å². The fourth-order valence-electron chi connectivity index (χ4n) is 2.04. The quantitative estimate of drug-likeness (QED) is 0.752. The molecule has 0 radical (unpaired) electrons. The van der Waals surface area contributed by atoms with E-state index in [1.54, 1.807) is 13.0 Å². The number of hydrogen-bond acceptors (Lipinski definition) is 2. The van der Waals surface area contributed by atoms with E-state index < -0.39 is 0 Å². The predicted molar refractivity (Wildman–Crippen MR) is 56.9 cm³/mol. The number of ketones is 1. The van der Waals surface area contributed by atoms with Crippen LogP contribution in [0.1, 0.15) is 40.5 Å². The Labute approximate surface area is 86.0 Å². The summed E-state index contributed by atoms with van der Waals surface area (Å²) in [5.74, 6) is 0.297. The maximum Gasteiger partial charge on any atom is 0.159 e. The van der Waals surface area contributed by atoms with Crippen molar-refractivity contribution < 1.29 is 9.90 Å². The standard InChI is InChI=1S/C12H20O2/c1-8-7-11(14)10(12(8,3)4)6-5-9(2)13/h7,9-10,13H,5-6H2,1-4H3. The molecule has 2 nitrogen and oxygen atoms in total. The Morgan fingerprint density at radius 2 is 2.14 bits per heavy atom. The molecule has 14 heavy (non-hydrogen) atoms. The van der Waals surface area contributed by atoms with Crippen LogP contribution in [0.2, 0.25) is 0 Å². The molecule has 0 bridgehead atoms. The number of carbonyl (C=O) groups excluding carboxylic acids is 1. The Hall–Kier alpha value is -0.630. The molecule has 1 aliphatic rings. The third-order valence-corrected chi connectivity index (χ3v) is 3.46. The van der Waals surface area contributed by atoms with Gasteiger partial charge in [0.1, 0.15) is 0 Å². The maximum absolute atomic E-state index is 11.7. The number of aliphatic hydroxyl groups is 1. The van der Waals surface area contributed by atoms with Crippen LogP contribution in [-0.2, 0) is 4.79 Å². The minimum Gasteiger partial charge on any atom is -0.393 e. The summed E-state index contributed by atoms with van der Waals surface area (Å²) in [4.78, 5) is 11.7. The van der Waals surface area contributed by atoms with E-state index in [-0.39, 0.29) is 23.2 Å². The molecule has 0 aromatic heterocycles. The van der Waals surface area contributed by atoms with Gasteiger partial charge in [0.2, 0.25) is 0 Å². The first-order valence-electron chi connectivity index (χ1n) is 5.26. The van der Waals surface area contributed by atoms with Crippen LogP contribution in [0, 0.1) is 11.3 Å². The molecule has 2 atom stereocenters. The van der Waals surface area contributed by atoms with Crippen molar-refractivity contribution >= 4 is 5.78 Å². The highest BCUT2D eigenvalue weighted by Gasteiger charge is 2.40. The van der Waals surface area contributed by atoms with Gasteiger partial charge in [0.15, 0.2) is 5.78 Å². The third-order valence-electron chi connectivity index (χ3n) is 3.46. The van der Waals surface area contributed by atoms with Gasteiger partial charge in [-0.25, -0.2) is 0 Å². The van der Waals surface area contributed by atoms with E-state index in [2.05, 4.69) is 13.8 Å². The monoisotopic (exact) mass is 196 g/mol. The summed E-state index contributed by atoms with van der Waals surface area (Å²) < 4.78 is 0. The molecule has 0 aromatic carbocycles. The van der Waals surface area contributed by atoms with Gasteiger partial charge in [0, 0.05) is 5.92 Å². The molecule has 2 heteroatoms. The van der Waals surface area contributed by atoms with Crippen LogP contribution >= 0.6 is 0 Å². The predicted octanol–water partition coefficient (Wildman–Crippen LogP) is 2.32. The molecule has 0 saturated carbocycles. The first-order valence-corrected chi connectivity index (χ1v) is 5.26. The van der Waals surface area contributed by atoms with E-state index in [1.165, 1.54) is 0 Å². The second-order valence-electron chi connectivity index (χ2n) is 4.93. The molecular formula is C12H20O2. The summed E-state index contributed by atoms with van der Waals surface area (Å²) in [5, 5.41) is 9.21. The summed E-state index contributed by atoms with van der Waals surface area (Å²) in [5.41, 5.74) is 1.14. The molecule has 0 fully saturated rings. The zero-order chi connectivity index (χ0) is 10.9. The van der Waals surface area contributed by atoms with Crippen molar-refractivity contribution in [3.8, 4) is 0 Å². The Morgan fingerprint density at radius 3 is 2.50 bits per heavy atom. The lowest BCUT2D eigenvalue weighted by molar-refractivity contribution is -0.119. The molecule has 0 aliphatic heterocycles. The van der Waals surface area contributed by atoms with Crippen molar-refractivity contribution in [3.05, 3.63) is 11.6 Å². The summed E-state index contributed by atoms with van der Waals surface area (Å²) >= 11 is 0. The molecule has 1 aliphatic carbocycles. The smallest absolute Gasteiger partial charge is 0.159 e. The molecular weight excluding hydrogens is 176 g/mol. The number of carbonyl (C=O) groups is 1. The molecule has 0 saturated heterocycles. The number of allylic oxidation sites excluding steroid dienone is 2. The van der Waals surface area contributed by atoms with E-state index in [1.807, 2.05) is 6.92 Å². The van der Waals surface area contributed by atoms with Crippen LogP contribution in [0.15, 0.2) is 11.6 Å². The zero-order valence-electron chi connectivity index (χ0n) is 9.50. The van der Waals surface area contributed by atoms with Gasteiger partial charge in [-0.15, -0.1) is 0 Å². The molecule has 2 unspecified atom stereocenters. The first kappa shape index (κ1) is 11.4. The Morgan fingerprint density at radius 1 is 1.57 bits per heavy atom. The number of hydrogen-bond donors (Lipinski definition) is 1. The van der Waals surface area contributed by atoms with Gasteiger partial charge in [-0.2, -0.15) is 0 Å². The third kappa shape index (κ3) is 2.06. The van der Waals surface area contributed by atoms with Crippen LogP contribution < -0.4 is 0 Å². The summed E-state index contributed by atoms with van der Waals surface area (Å²) in [7, 11) is 0. The Kier molecular flexibility index (Phi) is 3.15. The van der Waals surface area contributed by atoms with Gasteiger partial charge in [0.25, 0.3) is 0 Å². The van der Waals surface area contributed by atoms with E-state index in [0.717, 1.165) is 12.0 Å². The number of rotatable bonds is 3. The first-order chi connectivity index (χ1) is 6.35. The highest BCUT2D eigenvalue weighted by Crippen LogP contribution is 2.43. The minimum absolute atomic E-state index is 0.0219. The molecule has 80 valence electrons. The normalized spacial score (nSPS) is 27.6. The van der Waals surface area contributed by atoms with E-state index in [4.69, 9.17) is 0 Å². The van der Waals surface area contributed by atoms with Crippen LogP contribution in [-0.4, -0.2) is 17.0 Å².